The van der Waals surface area contributed by atoms with E-state index in [2.05, 4.69) is 27.8 Å². The molecule has 2 aromatic carbocycles. The number of alkyl halides is 3. The van der Waals surface area contributed by atoms with E-state index in [4.69, 9.17) is 14.2 Å². The maximum absolute atomic E-state index is 13.6. The summed E-state index contributed by atoms with van der Waals surface area (Å²) < 4.78 is 59.3. The molecule has 0 saturated carbocycles. The number of rotatable bonds is 1. The lowest BCUT2D eigenvalue weighted by atomic mass is 9.90. The summed E-state index contributed by atoms with van der Waals surface area (Å²) in [6, 6.07) is 14.9. The van der Waals surface area contributed by atoms with Gasteiger partial charge in [-0.15, -0.1) is 0 Å². The molecular formula is C32H41F3N4O3. The SMILES string of the molecule is CC.FC(F)(F)Cn1c2cc3c(cccc31)NC1CCNCC1CCOCCOCCOc1cccc(c1)NCC#C2. The molecule has 2 atom stereocenters. The van der Waals surface area contributed by atoms with Crippen molar-refractivity contribution in [2.45, 2.75) is 45.5 Å². The van der Waals surface area contributed by atoms with Gasteiger partial charge in [0.15, 0.2) is 0 Å². The number of aromatic nitrogens is 1. The van der Waals surface area contributed by atoms with E-state index in [0.29, 0.717) is 55.9 Å². The molecule has 7 nitrogen and oxygen atoms in total. The van der Waals surface area contributed by atoms with Gasteiger partial charge in [0.25, 0.3) is 0 Å². The molecule has 3 heterocycles. The van der Waals surface area contributed by atoms with Crippen LogP contribution in [0.2, 0.25) is 0 Å². The third kappa shape index (κ3) is 9.05. The summed E-state index contributed by atoms with van der Waals surface area (Å²) in [4.78, 5) is 0. The summed E-state index contributed by atoms with van der Waals surface area (Å²) in [5.74, 6) is 6.98. The van der Waals surface area contributed by atoms with Gasteiger partial charge in [0.2, 0.25) is 0 Å². The van der Waals surface area contributed by atoms with Gasteiger partial charge in [-0.1, -0.05) is 31.9 Å². The van der Waals surface area contributed by atoms with E-state index in [9.17, 15) is 13.2 Å². The molecule has 0 radical (unpaired) electrons. The van der Waals surface area contributed by atoms with Crippen LogP contribution < -0.4 is 20.7 Å². The van der Waals surface area contributed by atoms with Crippen LogP contribution in [0.5, 0.6) is 5.75 Å². The van der Waals surface area contributed by atoms with E-state index < -0.39 is 12.7 Å². The molecule has 10 heteroatoms. The number of benzene rings is 2. The fourth-order valence-electron chi connectivity index (χ4n) is 5.23. The monoisotopic (exact) mass is 586 g/mol. The Labute approximate surface area is 246 Å². The van der Waals surface area contributed by atoms with Gasteiger partial charge in [-0.05, 0) is 68.1 Å². The second-order valence-corrected chi connectivity index (χ2v) is 10.0. The second kappa shape index (κ2) is 15.7. The van der Waals surface area contributed by atoms with Gasteiger partial charge >= 0.3 is 6.18 Å². The highest BCUT2D eigenvalue weighted by Gasteiger charge is 2.30. The van der Waals surface area contributed by atoms with Crippen LogP contribution in [0.15, 0.2) is 48.5 Å². The van der Waals surface area contributed by atoms with Crippen LogP contribution in [0.25, 0.3) is 10.9 Å². The third-order valence-corrected chi connectivity index (χ3v) is 7.16. The molecule has 3 N–H and O–H groups in total. The molecule has 0 amide bonds. The average Bonchev–Trinajstić information content (AvgIpc) is 3.32. The number of nitrogens with one attached hydrogen (secondary N) is 3. The van der Waals surface area contributed by atoms with Gasteiger partial charge in [-0.2, -0.15) is 13.2 Å². The fourth-order valence-corrected chi connectivity index (χ4v) is 5.23. The highest BCUT2D eigenvalue weighted by molar-refractivity contribution is 5.94. The normalized spacial score (nSPS) is 20.4. The number of nitrogens with zero attached hydrogens (tertiary/aromatic N) is 1. The minimum absolute atomic E-state index is 0.171. The zero-order valence-corrected chi connectivity index (χ0v) is 24.4. The van der Waals surface area contributed by atoms with Crippen LogP contribution in [0.3, 0.4) is 0 Å². The zero-order chi connectivity index (χ0) is 29.8. The van der Waals surface area contributed by atoms with Crippen LogP contribution in [-0.2, 0) is 16.0 Å². The minimum atomic E-state index is -4.38. The molecule has 2 unspecified atom stereocenters. The van der Waals surface area contributed by atoms with Crippen LogP contribution >= 0.6 is 0 Å². The predicted molar refractivity (Wildman–Crippen MR) is 161 cm³/mol. The number of piperidine rings is 1. The van der Waals surface area contributed by atoms with Gasteiger partial charge in [-0.3, -0.25) is 0 Å². The van der Waals surface area contributed by atoms with Gasteiger partial charge < -0.3 is 34.7 Å². The first kappa shape index (κ1) is 31.5. The number of anilines is 2. The molecule has 2 aliphatic rings. The lowest BCUT2D eigenvalue weighted by molar-refractivity contribution is -0.140. The summed E-state index contributed by atoms with van der Waals surface area (Å²) in [6.07, 6.45) is -2.61. The van der Waals surface area contributed by atoms with Crippen LogP contribution in [0.4, 0.5) is 24.5 Å². The van der Waals surface area contributed by atoms with Crippen molar-refractivity contribution in [1.82, 2.24) is 9.88 Å². The van der Waals surface area contributed by atoms with Gasteiger partial charge in [0.1, 0.15) is 18.9 Å². The number of halogens is 3. The molecule has 0 spiro atoms. The van der Waals surface area contributed by atoms with Crippen molar-refractivity contribution in [3.05, 3.63) is 54.2 Å². The Morgan fingerprint density at radius 2 is 1.74 bits per heavy atom. The maximum Gasteiger partial charge on any atom is 0.406 e. The highest BCUT2D eigenvalue weighted by atomic mass is 19.4. The predicted octanol–water partition coefficient (Wildman–Crippen LogP) is 5.90. The first-order chi connectivity index (χ1) is 20.5. The Kier molecular flexibility index (Phi) is 11.8. The molecule has 0 aliphatic carbocycles. The van der Waals surface area contributed by atoms with Gasteiger partial charge in [-0.25, -0.2) is 0 Å². The van der Waals surface area contributed by atoms with Crippen molar-refractivity contribution in [1.29, 1.82) is 0 Å². The van der Waals surface area contributed by atoms with E-state index in [-0.39, 0.29) is 12.6 Å². The molecule has 1 aromatic heterocycles. The van der Waals surface area contributed by atoms with E-state index in [1.165, 1.54) is 4.57 Å². The van der Waals surface area contributed by atoms with E-state index in [1.54, 1.807) is 18.2 Å². The van der Waals surface area contributed by atoms with E-state index in [1.807, 2.05) is 44.2 Å². The maximum atomic E-state index is 13.6. The van der Waals surface area contributed by atoms with Crippen LogP contribution in [0, 0.1) is 17.8 Å². The standard InChI is InChI=1S/C30H35F3N4O3.C2H6/c31-30(32,33)21-37-24-5-3-11-35-23-4-1-6-25(18-23)40-17-16-39-15-14-38-13-10-22-20-34-12-9-27(22)36-28-7-2-8-29(37)26(28)19-24;1-2/h1-2,4,6-8,18-19,22,27,34-36H,9-17,20-21H2;1-2H3. The molecule has 1 fully saturated rings. The third-order valence-electron chi connectivity index (χ3n) is 7.16. The first-order valence-electron chi connectivity index (χ1n) is 14.7. The van der Waals surface area contributed by atoms with Crippen molar-refractivity contribution >= 4 is 22.3 Å². The Hall–Kier alpha value is -3.39. The van der Waals surface area contributed by atoms with Crippen LogP contribution in [0.1, 0.15) is 32.4 Å². The summed E-state index contributed by atoms with van der Waals surface area (Å²) >= 11 is 0. The Morgan fingerprint density at radius 3 is 2.57 bits per heavy atom. The van der Waals surface area contributed by atoms with Crippen molar-refractivity contribution < 1.29 is 27.4 Å². The Bertz CT molecular complexity index is 1330. The molecular weight excluding hydrogens is 545 g/mol. The smallest absolute Gasteiger partial charge is 0.406 e. The highest BCUT2D eigenvalue weighted by Crippen LogP contribution is 2.32. The average molecular weight is 587 g/mol. The van der Waals surface area contributed by atoms with E-state index >= 15 is 0 Å². The fraction of sp³-hybridized carbons (Fsp3) is 0.500. The van der Waals surface area contributed by atoms with Crippen molar-refractivity contribution in [3.63, 3.8) is 0 Å². The Morgan fingerprint density at radius 1 is 0.952 bits per heavy atom. The summed E-state index contributed by atoms with van der Waals surface area (Å²) in [5, 5.41) is 11.0. The first-order valence-corrected chi connectivity index (χ1v) is 14.7. The topological polar surface area (TPSA) is 68.7 Å². The summed E-state index contributed by atoms with van der Waals surface area (Å²) in [5.41, 5.74) is 2.46. The minimum Gasteiger partial charge on any atom is -0.491 e. The van der Waals surface area contributed by atoms with Gasteiger partial charge in [0, 0.05) is 35.5 Å². The lowest BCUT2D eigenvalue weighted by Crippen LogP contribution is -2.44. The van der Waals surface area contributed by atoms with E-state index in [0.717, 1.165) is 42.7 Å². The molecule has 3 aromatic rings. The second-order valence-electron chi connectivity index (χ2n) is 10.0. The number of ether oxygens (including phenoxy) is 3. The number of hydrogen-bond donors (Lipinski definition) is 3. The van der Waals surface area contributed by atoms with Crippen molar-refractivity contribution in [3.8, 4) is 17.6 Å². The lowest BCUT2D eigenvalue weighted by Gasteiger charge is -2.33. The quantitative estimate of drug-likeness (QED) is 0.309. The molecule has 5 rings (SSSR count). The van der Waals surface area contributed by atoms with Gasteiger partial charge in [0.05, 0.1) is 37.6 Å². The molecule has 228 valence electrons. The molecule has 4 bridgehead atoms. The number of hydrogen-bond acceptors (Lipinski definition) is 6. The molecule has 1 saturated heterocycles. The van der Waals surface area contributed by atoms with Crippen LogP contribution in [-0.4, -0.2) is 69.5 Å². The Balaban J connectivity index is 0.00000198. The molecule has 42 heavy (non-hydrogen) atoms. The summed E-state index contributed by atoms with van der Waals surface area (Å²) in [7, 11) is 0. The zero-order valence-electron chi connectivity index (χ0n) is 24.4. The number of fused-ring (bicyclic) bond motifs is 4. The summed E-state index contributed by atoms with van der Waals surface area (Å²) in [6.45, 7) is 7.36. The van der Waals surface area contributed by atoms with Crippen molar-refractivity contribution in [2.75, 3.05) is 63.3 Å². The van der Waals surface area contributed by atoms with Crippen molar-refractivity contribution in [2.24, 2.45) is 5.92 Å². The molecule has 2 aliphatic heterocycles. The largest absolute Gasteiger partial charge is 0.491 e.